The minimum atomic E-state index is 0.688. The van der Waals surface area contributed by atoms with E-state index in [2.05, 4.69) is 38.1 Å². The Morgan fingerprint density at radius 3 is 3.17 bits per heavy atom. The summed E-state index contributed by atoms with van der Waals surface area (Å²) < 4.78 is 2.70. The van der Waals surface area contributed by atoms with E-state index >= 15 is 0 Å². The zero-order chi connectivity index (χ0) is 8.97. The van der Waals surface area contributed by atoms with Gasteiger partial charge >= 0.3 is 0 Å². The molecule has 0 unspecified atom stereocenters. The standard InChI is InChI=1S/C7H11BrN4/c1-3-12-7(5-10-11-12)9-4-6(2)8/h5,9H,2-4H2,1H3. The van der Waals surface area contributed by atoms with Crippen LogP contribution in [0, 0.1) is 0 Å². The first kappa shape index (κ1) is 9.25. The number of aryl methyl sites for hydroxylation is 1. The van der Waals surface area contributed by atoms with Crippen LogP contribution in [0.4, 0.5) is 5.82 Å². The van der Waals surface area contributed by atoms with Crippen molar-refractivity contribution in [1.82, 2.24) is 15.0 Å². The summed E-state index contributed by atoms with van der Waals surface area (Å²) in [5, 5.41) is 10.8. The minimum Gasteiger partial charge on any atom is -0.364 e. The first-order valence-corrected chi connectivity index (χ1v) is 4.49. The highest BCUT2D eigenvalue weighted by atomic mass is 79.9. The third-order valence-electron chi connectivity index (χ3n) is 1.38. The Morgan fingerprint density at radius 2 is 2.58 bits per heavy atom. The summed E-state index contributed by atoms with van der Waals surface area (Å²) in [6, 6.07) is 0. The van der Waals surface area contributed by atoms with E-state index in [0.29, 0.717) is 6.54 Å². The number of rotatable bonds is 4. The number of anilines is 1. The van der Waals surface area contributed by atoms with Crippen LogP contribution in [-0.2, 0) is 6.54 Å². The Hall–Kier alpha value is -0.840. The normalized spacial score (nSPS) is 9.83. The van der Waals surface area contributed by atoms with Gasteiger partial charge < -0.3 is 5.32 Å². The molecule has 12 heavy (non-hydrogen) atoms. The largest absolute Gasteiger partial charge is 0.364 e. The van der Waals surface area contributed by atoms with Gasteiger partial charge in [-0.1, -0.05) is 27.7 Å². The van der Waals surface area contributed by atoms with Gasteiger partial charge in [0, 0.05) is 17.6 Å². The molecule has 1 aromatic rings. The summed E-state index contributed by atoms with van der Waals surface area (Å²) in [5.74, 6) is 0.915. The Labute approximate surface area is 79.8 Å². The van der Waals surface area contributed by atoms with Crippen LogP contribution in [0.15, 0.2) is 17.3 Å². The molecule has 1 heterocycles. The summed E-state index contributed by atoms with van der Waals surface area (Å²) in [6.07, 6.45) is 1.69. The fourth-order valence-corrected chi connectivity index (χ4v) is 0.955. The summed E-state index contributed by atoms with van der Waals surface area (Å²) in [4.78, 5) is 0. The van der Waals surface area contributed by atoms with Gasteiger partial charge in [-0.05, 0) is 6.92 Å². The summed E-state index contributed by atoms with van der Waals surface area (Å²) >= 11 is 3.26. The van der Waals surface area contributed by atoms with Gasteiger partial charge in [-0.3, -0.25) is 0 Å². The number of halogens is 1. The zero-order valence-electron chi connectivity index (χ0n) is 6.92. The average Bonchev–Trinajstić information content (AvgIpc) is 2.47. The lowest BCUT2D eigenvalue weighted by molar-refractivity contribution is 0.632. The smallest absolute Gasteiger partial charge is 0.145 e. The Bertz CT molecular complexity index is 268. The van der Waals surface area contributed by atoms with Crippen molar-refractivity contribution in [3.63, 3.8) is 0 Å². The summed E-state index contributed by atoms with van der Waals surface area (Å²) in [5.41, 5.74) is 0. The second-order valence-corrected chi connectivity index (χ2v) is 3.43. The second-order valence-electron chi connectivity index (χ2n) is 2.31. The van der Waals surface area contributed by atoms with Crippen LogP contribution in [0.1, 0.15) is 6.92 Å². The van der Waals surface area contributed by atoms with Crippen molar-refractivity contribution in [3.05, 3.63) is 17.3 Å². The number of hydrogen-bond acceptors (Lipinski definition) is 3. The van der Waals surface area contributed by atoms with E-state index in [4.69, 9.17) is 0 Å². The quantitative estimate of drug-likeness (QED) is 0.856. The van der Waals surface area contributed by atoms with Gasteiger partial charge in [0.15, 0.2) is 0 Å². The third kappa shape index (κ3) is 2.34. The fourth-order valence-electron chi connectivity index (χ4n) is 0.815. The molecule has 0 atom stereocenters. The van der Waals surface area contributed by atoms with Crippen LogP contribution in [0.3, 0.4) is 0 Å². The maximum absolute atomic E-state index is 3.87. The maximum atomic E-state index is 3.87. The molecule has 4 nitrogen and oxygen atoms in total. The molecule has 5 heteroatoms. The van der Waals surface area contributed by atoms with Crippen molar-refractivity contribution < 1.29 is 0 Å². The van der Waals surface area contributed by atoms with Crippen molar-refractivity contribution >= 4 is 21.7 Å². The molecule has 0 amide bonds. The molecule has 0 saturated carbocycles. The molecule has 1 N–H and O–H groups in total. The number of nitrogens with zero attached hydrogens (tertiary/aromatic N) is 3. The van der Waals surface area contributed by atoms with Crippen LogP contribution in [0.25, 0.3) is 0 Å². The first-order chi connectivity index (χ1) is 5.74. The lowest BCUT2D eigenvalue weighted by atomic mass is 10.6. The molecular weight excluding hydrogens is 220 g/mol. The van der Waals surface area contributed by atoms with Crippen molar-refractivity contribution in [3.8, 4) is 0 Å². The molecule has 1 aromatic heterocycles. The fraction of sp³-hybridized carbons (Fsp3) is 0.429. The summed E-state index contributed by atoms with van der Waals surface area (Å²) in [6.45, 7) is 7.24. The Balaban J connectivity index is 2.56. The predicted octanol–water partition coefficient (Wildman–Crippen LogP) is 1.62. The molecular formula is C7H11BrN4. The lowest BCUT2D eigenvalue weighted by Gasteiger charge is -2.04. The first-order valence-electron chi connectivity index (χ1n) is 3.69. The van der Waals surface area contributed by atoms with Crippen LogP contribution in [0.5, 0.6) is 0 Å². The van der Waals surface area contributed by atoms with E-state index in [1.807, 2.05) is 6.92 Å². The third-order valence-corrected chi connectivity index (χ3v) is 1.66. The molecule has 0 spiro atoms. The molecule has 1 rings (SSSR count). The van der Waals surface area contributed by atoms with Gasteiger partial charge in [-0.25, -0.2) is 4.68 Å². The topological polar surface area (TPSA) is 42.7 Å². The van der Waals surface area contributed by atoms with Crippen molar-refractivity contribution in [1.29, 1.82) is 0 Å². The Morgan fingerprint density at radius 1 is 1.83 bits per heavy atom. The van der Waals surface area contributed by atoms with Crippen molar-refractivity contribution in [2.45, 2.75) is 13.5 Å². The van der Waals surface area contributed by atoms with E-state index in [1.54, 1.807) is 10.9 Å². The van der Waals surface area contributed by atoms with Crippen molar-refractivity contribution in [2.24, 2.45) is 0 Å². The number of aromatic nitrogens is 3. The van der Waals surface area contributed by atoms with Gasteiger partial charge in [-0.15, -0.1) is 5.10 Å². The molecule has 0 fully saturated rings. The van der Waals surface area contributed by atoms with E-state index < -0.39 is 0 Å². The molecule has 0 radical (unpaired) electrons. The van der Waals surface area contributed by atoms with Gasteiger partial charge in [0.25, 0.3) is 0 Å². The minimum absolute atomic E-state index is 0.688. The van der Waals surface area contributed by atoms with Gasteiger partial charge in [0.05, 0.1) is 6.20 Å². The van der Waals surface area contributed by atoms with Gasteiger partial charge in [0.2, 0.25) is 0 Å². The van der Waals surface area contributed by atoms with Crippen LogP contribution in [-0.4, -0.2) is 21.5 Å². The maximum Gasteiger partial charge on any atom is 0.145 e. The zero-order valence-corrected chi connectivity index (χ0v) is 8.50. The molecule has 0 bridgehead atoms. The van der Waals surface area contributed by atoms with Crippen molar-refractivity contribution in [2.75, 3.05) is 11.9 Å². The van der Waals surface area contributed by atoms with Crippen LogP contribution < -0.4 is 5.32 Å². The number of hydrogen-bond donors (Lipinski definition) is 1. The molecule has 0 saturated heterocycles. The molecule has 0 aliphatic heterocycles. The van der Waals surface area contributed by atoms with E-state index in [1.165, 1.54) is 0 Å². The van der Waals surface area contributed by atoms with E-state index in [0.717, 1.165) is 16.8 Å². The highest BCUT2D eigenvalue weighted by Crippen LogP contribution is 2.06. The molecule has 66 valence electrons. The molecule has 0 aliphatic carbocycles. The SMILES string of the molecule is C=C(Br)CNc1cnnn1CC. The molecule has 0 aliphatic rings. The van der Waals surface area contributed by atoms with E-state index in [-0.39, 0.29) is 0 Å². The highest BCUT2D eigenvalue weighted by molar-refractivity contribution is 9.11. The molecule has 0 aromatic carbocycles. The van der Waals surface area contributed by atoms with Gasteiger partial charge in [-0.2, -0.15) is 0 Å². The number of nitrogens with one attached hydrogen (secondary N) is 1. The van der Waals surface area contributed by atoms with Gasteiger partial charge in [0.1, 0.15) is 5.82 Å². The second kappa shape index (κ2) is 4.25. The summed E-state index contributed by atoms with van der Waals surface area (Å²) in [7, 11) is 0. The van der Waals surface area contributed by atoms with E-state index in [9.17, 15) is 0 Å². The van der Waals surface area contributed by atoms with Crippen LogP contribution >= 0.6 is 15.9 Å². The van der Waals surface area contributed by atoms with Crippen LogP contribution in [0.2, 0.25) is 0 Å². The average molecular weight is 231 g/mol. The monoisotopic (exact) mass is 230 g/mol. The Kier molecular flexibility index (Phi) is 3.28. The lowest BCUT2D eigenvalue weighted by Crippen LogP contribution is -2.07. The predicted molar refractivity (Wildman–Crippen MR) is 52.3 cm³/mol. The highest BCUT2D eigenvalue weighted by Gasteiger charge is 1.99.